The Labute approximate surface area is 127 Å². The third kappa shape index (κ3) is 4.81. The molecule has 0 amide bonds. The van der Waals surface area contributed by atoms with Crippen molar-refractivity contribution in [3.8, 4) is 0 Å². The zero-order chi connectivity index (χ0) is 14.4. The Morgan fingerprint density at radius 2 is 2.30 bits per heavy atom. The average molecular weight is 296 g/mol. The Bertz CT molecular complexity index is 368. The molecule has 0 aromatic carbocycles. The summed E-state index contributed by atoms with van der Waals surface area (Å²) in [6.07, 6.45) is 5.37. The molecule has 0 saturated carbocycles. The van der Waals surface area contributed by atoms with Crippen LogP contribution in [0.1, 0.15) is 24.8 Å². The minimum absolute atomic E-state index is 0.542. The summed E-state index contributed by atoms with van der Waals surface area (Å²) in [5.41, 5.74) is 0. The normalized spacial score (nSPS) is 23.1. The first-order valence-electron chi connectivity index (χ1n) is 7.69. The number of aromatic nitrogens is 1. The van der Waals surface area contributed by atoms with Crippen LogP contribution < -0.4 is 5.32 Å². The highest BCUT2D eigenvalue weighted by molar-refractivity contribution is 7.09. The van der Waals surface area contributed by atoms with Crippen molar-refractivity contribution >= 4 is 11.3 Å². The number of nitrogens with zero attached hydrogens (tertiary/aromatic N) is 3. The molecule has 2 unspecified atom stereocenters. The first-order valence-corrected chi connectivity index (χ1v) is 8.57. The van der Waals surface area contributed by atoms with Crippen LogP contribution in [0.5, 0.6) is 0 Å². The van der Waals surface area contributed by atoms with Gasteiger partial charge in [-0.15, -0.1) is 11.3 Å². The fourth-order valence-corrected chi connectivity index (χ4v) is 3.53. The fourth-order valence-electron chi connectivity index (χ4n) is 2.84. The molecule has 0 spiro atoms. The van der Waals surface area contributed by atoms with E-state index < -0.39 is 0 Å². The van der Waals surface area contributed by atoms with Crippen LogP contribution in [0, 0.1) is 0 Å². The second-order valence-electron chi connectivity index (χ2n) is 5.91. The van der Waals surface area contributed by atoms with Gasteiger partial charge in [-0.2, -0.15) is 0 Å². The van der Waals surface area contributed by atoms with Gasteiger partial charge in [0.05, 0.1) is 5.01 Å². The Hall–Kier alpha value is -0.490. The van der Waals surface area contributed by atoms with Gasteiger partial charge >= 0.3 is 0 Å². The van der Waals surface area contributed by atoms with E-state index in [0.717, 1.165) is 13.0 Å². The van der Waals surface area contributed by atoms with Crippen LogP contribution in [0.4, 0.5) is 0 Å². The Balaban J connectivity index is 1.91. The van der Waals surface area contributed by atoms with Gasteiger partial charge in [0.25, 0.3) is 0 Å². The molecule has 2 heterocycles. The van der Waals surface area contributed by atoms with E-state index >= 15 is 0 Å². The van der Waals surface area contributed by atoms with Crippen LogP contribution in [0.3, 0.4) is 0 Å². The van der Waals surface area contributed by atoms with E-state index in [1.54, 1.807) is 11.3 Å². The van der Waals surface area contributed by atoms with Gasteiger partial charge < -0.3 is 15.1 Å². The molecule has 1 saturated heterocycles. The van der Waals surface area contributed by atoms with Gasteiger partial charge in [-0.3, -0.25) is 0 Å². The summed E-state index contributed by atoms with van der Waals surface area (Å²) in [5.74, 6) is 0. The monoisotopic (exact) mass is 296 g/mol. The lowest BCUT2D eigenvalue weighted by atomic mass is 10.0. The van der Waals surface area contributed by atoms with Gasteiger partial charge in [0.1, 0.15) is 0 Å². The summed E-state index contributed by atoms with van der Waals surface area (Å²) in [7, 11) is 4.49. The third-order valence-corrected chi connectivity index (χ3v) is 4.93. The van der Waals surface area contributed by atoms with Gasteiger partial charge in [-0.05, 0) is 33.5 Å². The number of nitrogens with one attached hydrogen (secondary N) is 1. The zero-order valence-electron chi connectivity index (χ0n) is 13.0. The van der Waals surface area contributed by atoms with Gasteiger partial charge in [-0.25, -0.2) is 4.98 Å². The van der Waals surface area contributed by atoms with Crippen molar-refractivity contribution in [1.29, 1.82) is 0 Å². The SMILES string of the molecule is CCCNC(Cc1nccs1)CC1CN(C)CCN1C. The predicted molar refractivity (Wildman–Crippen MR) is 86.4 cm³/mol. The summed E-state index contributed by atoms with van der Waals surface area (Å²) in [5, 5.41) is 7.04. The first kappa shape index (κ1) is 15.9. The minimum atomic E-state index is 0.542. The van der Waals surface area contributed by atoms with Crippen molar-refractivity contribution in [2.24, 2.45) is 0 Å². The molecule has 1 N–H and O–H groups in total. The van der Waals surface area contributed by atoms with Crippen molar-refractivity contribution in [2.75, 3.05) is 40.3 Å². The van der Waals surface area contributed by atoms with E-state index in [2.05, 4.69) is 46.5 Å². The maximum Gasteiger partial charge on any atom is 0.0940 e. The maximum atomic E-state index is 4.45. The van der Waals surface area contributed by atoms with Crippen molar-refractivity contribution < 1.29 is 0 Å². The van der Waals surface area contributed by atoms with E-state index in [-0.39, 0.29) is 0 Å². The van der Waals surface area contributed by atoms with Crippen LogP contribution in [-0.2, 0) is 6.42 Å². The molecule has 1 fully saturated rings. The zero-order valence-corrected chi connectivity index (χ0v) is 13.8. The Morgan fingerprint density at radius 1 is 1.45 bits per heavy atom. The molecule has 2 atom stereocenters. The lowest BCUT2D eigenvalue weighted by Crippen LogP contribution is -2.52. The lowest BCUT2D eigenvalue weighted by molar-refractivity contribution is 0.101. The second-order valence-corrected chi connectivity index (χ2v) is 6.89. The van der Waals surface area contributed by atoms with Crippen LogP contribution in [0.2, 0.25) is 0 Å². The summed E-state index contributed by atoms with van der Waals surface area (Å²) in [6.45, 7) is 6.88. The minimum Gasteiger partial charge on any atom is -0.314 e. The van der Waals surface area contributed by atoms with Crippen LogP contribution in [0.15, 0.2) is 11.6 Å². The molecule has 1 aliphatic rings. The average Bonchev–Trinajstić information content (AvgIpc) is 2.93. The third-order valence-electron chi connectivity index (χ3n) is 4.12. The lowest BCUT2D eigenvalue weighted by Gasteiger charge is -2.39. The molecule has 20 heavy (non-hydrogen) atoms. The molecule has 4 nitrogen and oxygen atoms in total. The van der Waals surface area contributed by atoms with Gasteiger partial charge in [0.15, 0.2) is 0 Å². The number of thiazole rings is 1. The highest BCUT2D eigenvalue weighted by atomic mass is 32.1. The summed E-state index contributed by atoms with van der Waals surface area (Å²) >= 11 is 1.77. The molecule has 1 aliphatic heterocycles. The van der Waals surface area contributed by atoms with Crippen molar-refractivity contribution in [2.45, 2.75) is 38.3 Å². The van der Waals surface area contributed by atoms with E-state index in [1.807, 2.05) is 6.20 Å². The molecule has 2 rings (SSSR count). The highest BCUT2D eigenvalue weighted by Crippen LogP contribution is 2.16. The molecule has 0 radical (unpaired) electrons. The maximum absolute atomic E-state index is 4.45. The highest BCUT2D eigenvalue weighted by Gasteiger charge is 2.25. The van der Waals surface area contributed by atoms with E-state index in [0.29, 0.717) is 12.1 Å². The molecule has 0 aliphatic carbocycles. The van der Waals surface area contributed by atoms with Gasteiger partial charge in [0, 0.05) is 49.7 Å². The number of hydrogen-bond acceptors (Lipinski definition) is 5. The summed E-state index contributed by atoms with van der Waals surface area (Å²) < 4.78 is 0. The van der Waals surface area contributed by atoms with Gasteiger partial charge in [0.2, 0.25) is 0 Å². The summed E-state index contributed by atoms with van der Waals surface area (Å²) in [4.78, 5) is 9.41. The molecule has 114 valence electrons. The molecular formula is C15H28N4S. The van der Waals surface area contributed by atoms with Crippen LogP contribution in [0.25, 0.3) is 0 Å². The van der Waals surface area contributed by atoms with E-state index in [1.165, 1.54) is 37.5 Å². The molecule has 1 aromatic rings. The van der Waals surface area contributed by atoms with E-state index in [9.17, 15) is 0 Å². The number of likely N-dealkylation sites (N-methyl/N-ethyl adjacent to an activating group) is 2. The Kier molecular flexibility index (Phi) is 6.42. The van der Waals surface area contributed by atoms with Gasteiger partial charge in [-0.1, -0.05) is 6.92 Å². The topological polar surface area (TPSA) is 31.4 Å². The van der Waals surface area contributed by atoms with Crippen molar-refractivity contribution in [1.82, 2.24) is 20.1 Å². The molecule has 0 bridgehead atoms. The number of rotatable bonds is 7. The van der Waals surface area contributed by atoms with Crippen molar-refractivity contribution in [3.05, 3.63) is 16.6 Å². The quantitative estimate of drug-likeness (QED) is 0.830. The molecular weight excluding hydrogens is 268 g/mol. The van der Waals surface area contributed by atoms with Crippen molar-refractivity contribution in [3.63, 3.8) is 0 Å². The second kappa shape index (κ2) is 8.08. The number of hydrogen-bond donors (Lipinski definition) is 1. The summed E-state index contributed by atoms with van der Waals surface area (Å²) in [6, 6.07) is 1.20. The van der Waals surface area contributed by atoms with E-state index in [4.69, 9.17) is 0 Å². The smallest absolute Gasteiger partial charge is 0.0940 e. The largest absolute Gasteiger partial charge is 0.314 e. The van der Waals surface area contributed by atoms with Crippen LogP contribution in [-0.4, -0.2) is 67.1 Å². The first-order chi connectivity index (χ1) is 9.69. The van der Waals surface area contributed by atoms with Crippen LogP contribution >= 0.6 is 11.3 Å². The predicted octanol–water partition coefficient (Wildman–Crippen LogP) is 1.69. The molecule has 1 aromatic heterocycles. The Morgan fingerprint density at radius 3 is 3.00 bits per heavy atom. The fraction of sp³-hybridized carbons (Fsp3) is 0.800. The standard InChI is InChI=1S/C15H28N4S/c1-4-5-16-13(11-15-17-6-9-20-15)10-14-12-18(2)7-8-19(14)3/h6,9,13-14,16H,4-5,7-8,10-12H2,1-3H3. The molecule has 5 heteroatoms. The number of piperazine rings is 1.